The Bertz CT molecular complexity index is 810. The number of nitrogens with zero attached hydrogens (tertiary/aromatic N) is 1. The van der Waals surface area contributed by atoms with Gasteiger partial charge in [0.1, 0.15) is 5.54 Å². The molecule has 2 atom stereocenters. The summed E-state index contributed by atoms with van der Waals surface area (Å²) in [7, 11) is 0. The third-order valence-electron chi connectivity index (χ3n) is 5.87. The van der Waals surface area contributed by atoms with Crippen LogP contribution in [0.5, 0.6) is 0 Å². The first kappa shape index (κ1) is 18.4. The second kappa shape index (κ2) is 6.37. The van der Waals surface area contributed by atoms with E-state index in [0.29, 0.717) is 23.2 Å². The number of urea groups is 1. The van der Waals surface area contributed by atoms with Gasteiger partial charge in [0.15, 0.2) is 11.6 Å². The highest BCUT2D eigenvalue weighted by Gasteiger charge is 2.55. The molecule has 7 nitrogen and oxygen atoms in total. The van der Waals surface area contributed by atoms with Crippen LogP contribution in [0.2, 0.25) is 0 Å². The lowest BCUT2D eigenvalue weighted by atomic mass is 9.73. The van der Waals surface area contributed by atoms with Gasteiger partial charge in [0.25, 0.3) is 5.91 Å². The highest BCUT2D eigenvalue weighted by molar-refractivity contribution is 6.12. The summed E-state index contributed by atoms with van der Waals surface area (Å²) in [6.07, 6.45) is 3.41. The molecule has 2 aliphatic rings. The molecule has 0 unspecified atom stereocenters. The largest absolute Gasteiger partial charge is 0.355 e. The Labute approximate surface area is 152 Å². The number of ketones is 2. The highest BCUT2D eigenvalue weighted by atomic mass is 16.2. The van der Waals surface area contributed by atoms with Crippen molar-refractivity contribution in [3.05, 3.63) is 22.5 Å². The van der Waals surface area contributed by atoms with Crippen LogP contribution in [-0.2, 0) is 4.79 Å². The van der Waals surface area contributed by atoms with E-state index in [4.69, 9.17) is 0 Å². The number of imide groups is 1. The molecule has 1 aromatic heterocycles. The lowest BCUT2D eigenvalue weighted by molar-refractivity contribution is -0.133. The number of carbonyl (C=O) groups excluding carboxylic acids is 4. The molecular weight excluding hydrogens is 334 g/mol. The van der Waals surface area contributed by atoms with Gasteiger partial charge in [0, 0.05) is 11.3 Å². The van der Waals surface area contributed by atoms with Gasteiger partial charge in [0.05, 0.1) is 12.2 Å². The third kappa shape index (κ3) is 2.66. The highest BCUT2D eigenvalue weighted by Crippen LogP contribution is 2.38. The molecule has 1 saturated heterocycles. The van der Waals surface area contributed by atoms with Gasteiger partial charge in [-0.1, -0.05) is 19.8 Å². The standard InChI is InChI=1S/C19H25N3O4/c1-10-7-5-6-8-19(10)17(25)22(18(26)21-19)9-14(24)16-11(2)15(13(4)23)12(3)20-16/h10,20H,5-9H2,1-4H3,(H,21,26)/t10-,19-/m0/s1. The minimum Gasteiger partial charge on any atom is -0.355 e. The fraction of sp³-hybridized carbons (Fsp3) is 0.579. The van der Waals surface area contributed by atoms with E-state index in [2.05, 4.69) is 10.3 Å². The number of aromatic amines is 1. The molecule has 2 heterocycles. The Morgan fingerprint density at radius 2 is 1.92 bits per heavy atom. The molecule has 0 bridgehead atoms. The number of aryl methyl sites for hydroxylation is 1. The summed E-state index contributed by atoms with van der Waals surface area (Å²) in [6.45, 7) is 6.53. The van der Waals surface area contributed by atoms with E-state index >= 15 is 0 Å². The van der Waals surface area contributed by atoms with Crippen LogP contribution in [0.3, 0.4) is 0 Å². The molecule has 2 N–H and O–H groups in total. The van der Waals surface area contributed by atoms with Gasteiger partial charge in [0.2, 0.25) is 0 Å². The van der Waals surface area contributed by atoms with Crippen LogP contribution in [0, 0.1) is 19.8 Å². The molecule has 140 valence electrons. The average Bonchev–Trinajstić information content (AvgIpc) is 2.99. The van der Waals surface area contributed by atoms with E-state index in [1.165, 1.54) is 6.92 Å². The summed E-state index contributed by atoms with van der Waals surface area (Å²) in [4.78, 5) is 53.8. The number of carbonyl (C=O) groups is 4. The molecular formula is C19H25N3O4. The second-order valence-electron chi connectivity index (χ2n) is 7.54. The summed E-state index contributed by atoms with van der Waals surface area (Å²) in [5, 5.41) is 2.85. The van der Waals surface area contributed by atoms with Crippen molar-refractivity contribution in [3.63, 3.8) is 0 Å². The fourth-order valence-corrected chi connectivity index (χ4v) is 4.42. The maximum absolute atomic E-state index is 13.0. The number of hydrogen-bond acceptors (Lipinski definition) is 4. The maximum atomic E-state index is 13.0. The van der Waals surface area contributed by atoms with E-state index in [0.717, 1.165) is 24.2 Å². The van der Waals surface area contributed by atoms with Gasteiger partial charge in [-0.3, -0.25) is 19.3 Å². The third-order valence-corrected chi connectivity index (χ3v) is 5.87. The Balaban J connectivity index is 1.84. The molecule has 3 amide bonds. The van der Waals surface area contributed by atoms with Gasteiger partial charge in [-0.2, -0.15) is 0 Å². The van der Waals surface area contributed by atoms with Crippen molar-refractivity contribution < 1.29 is 19.2 Å². The van der Waals surface area contributed by atoms with E-state index in [9.17, 15) is 19.2 Å². The quantitative estimate of drug-likeness (QED) is 0.637. The molecule has 26 heavy (non-hydrogen) atoms. The van der Waals surface area contributed by atoms with Crippen molar-refractivity contribution in [1.82, 2.24) is 15.2 Å². The fourth-order valence-electron chi connectivity index (χ4n) is 4.42. The molecule has 1 aliphatic carbocycles. The SMILES string of the molecule is CC(=O)c1c(C)[nH]c(C(=O)CN2C(=O)N[C@]3(CCCC[C@@H]3C)C2=O)c1C. The number of rotatable bonds is 4. The zero-order valence-electron chi connectivity index (χ0n) is 15.7. The van der Waals surface area contributed by atoms with Gasteiger partial charge in [-0.15, -0.1) is 0 Å². The van der Waals surface area contributed by atoms with Crippen molar-refractivity contribution in [2.45, 2.75) is 58.9 Å². The molecule has 3 rings (SSSR count). The monoisotopic (exact) mass is 359 g/mol. The van der Waals surface area contributed by atoms with Gasteiger partial charge in [-0.05, 0) is 45.1 Å². The number of Topliss-reactive ketones (excluding diaryl/α,β-unsaturated/α-hetero) is 2. The van der Waals surface area contributed by atoms with Crippen molar-refractivity contribution in [3.8, 4) is 0 Å². The van der Waals surface area contributed by atoms with Crippen molar-refractivity contribution in [1.29, 1.82) is 0 Å². The first-order valence-corrected chi connectivity index (χ1v) is 9.06. The van der Waals surface area contributed by atoms with E-state index in [1.807, 2.05) is 6.92 Å². The number of hydrogen-bond donors (Lipinski definition) is 2. The normalized spacial score (nSPS) is 25.7. The smallest absolute Gasteiger partial charge is 0.325 e. The molecule has 1 aliphatic heterocycles. The summed E-state index contributed by atoms with van der Waals surface area (Å²) >= 11 is 0. The molecule has 2 fully saturated rings. The molecule has 7 heteroatoms. The van der Waals surface area contributed by atoms with Gasteiger partial charge >= 0.3 is 6.03 Å². The molecule has 1 saturated carbocycles. The van der Waals surface area contributed by atoms with Crippen molar-refractivity contribution >= 4 is 23.5 Å². The summed E-state index contributed by atoms with van der Waals surface area (Å²) in [5.74, 6) is -0.759. The van der Waals surface area contributed by atoms with Crippen LogP contribution in [0.25, 0.3) is 0 Å². The van der Waals surface area contributed by atoms with Crippen LogP contribution in [0.4, 0.5) is 4.79 Å². The zero-order valence-corrected chi connectivity index (χ0v) is 15.7. The van der Waals surface area contributed by atoms with Crippen LogP contribution in [-0.4, -0.2) is 45.5 Å². The van der Waals surface area contributed by atoms with Crippen LogP contribution < -0.4 is 5.32 Å². The predicted octanol–water partition coefficient (Wildman–Crippen LogP) is 2.52. The molecule has 1 aromatic rings. The Kier molecular flexibility index (Phi) is 4.50. The van der Waals surface area contributed by atoms with Gasteiger partial charge in [-0.25, -0.2) is 4.79 Å². The lowest BCUT2D eigenvalue weighted by Gasteiger charge is -2.36. The van der Waals surface area contributed by atoms with E-state index < -0.39 is 11.6 Å². The van der Waals surface area contributed by atoms with E-state index in [1.54, 1.807) is 13.8 Å². The first-order valence-electron chi connectivity index (χ1n) is 9.06. The first-order chi connectivity index (χ1) is 12.2. The van der Waals surface area contributed by atoms with E-state index in [-0.39, 0.29) is 35.6 Å². The number of aromatic nitrogens is 1. The maximum Gasteiger partial charge on any atom is 0.325 e. The number of H-pyrrole nitrogens is 1. The summed E-state index contributed by atoms with van der Waals surface area (Å²) in [5.41, 5.74) is 1.08. The van der Waals surface area contributed by atoms with Crippen LogP contribution in [0.1, 0.15) is 71.6 Å². The molecule has 0 aromatic carbocycles. The van der Waals surface area contributed by atoms with Crippen LogP contribution in [0.15, 0.2) is 0 Å². The molecule has 0 radical (unpaired) electrons. The van der Waals surface area contributed by atoms with Crippen molar-refractivity contribution in [2.75, 3.05) is 6.54 Å². The summed E-state index contributed by atoms with van der Waals surface area (Å²) in [6, 6.07) is -0.509. The zero-order chi connectivity index (χ0) is 19.2. The van der Waals surface area contributed by atoms with Crippen LogP contribution >= 0.6 is 0 Å². The lowest BCUT2D eigenvalue weighted by Crippen LogP contribution is -2.54. The Hall–Kier alpha value is -2.44. The minimum absolute atomic E-state index is 0.0478. The second-order valence-corrected chi connectivity index (χ2v) is 7.54. The minimum atomic E-state index is -0.874. The summed E-state index contributed by atoms with van der Waals surface area (Å²) < 4.78 is 0. The number of nitrogens with one attached hydrogen (secondary N) is 2. The topological polar surface area (TPSA) is 99.3 Å². The Morgan fingerprint density at radius 1 is 1.23 bits per heavy atom. The van der Waals surface area contributed by atoms with Gasteiger partial charge < -0.3 is 10.3 Å². The molecule has 1 spiro atoms. The predicted molar refractivity (Wildman–Crippen MR) is 95.2 cm³/mol. The average molecular weight is 359 g/mol. The number of amides is 3. The van der Waals surface area contributed by atoms with Crippen molar-refractivity contribution in [2.24, 2.45) is 5.92 Å². The Morgan fingerprint density at radius 3 is 2.50 bits per heavy atom.